The van der Waals surface area contributed by atoms with Gasteiger partial charge in [-0.3, -0.25) is 4.79 Å². The zero-order chi connectivity index (χ0) is 20.3. The van der Waals surface area contributed by atoms with Crippen molar-refractivity contribution >= 4 is 11.9 Å². The van der Waals surface area contributed by atoms with Crippen molar-refractivity contribution < 1.29 is 19.1 Å². The molecule has 156 valence electrons. The Morgan fingerprint density at radius 3 is 2.75 bits per heavy atom. The van der Waals surface area contributed by atoms with Gasteiger partial charge in [0.25, 0.3) is 0 Å². The van der Waals surface area contributed by atoms with Crippen LogP contribution >= 0.6 is 0 Å². The van der Waals surface area contributed by atoms with E-state index in [1.165, 1.54) is 12.5 Å². The molecule has 4 nitrogen and oxygen atoms in total. The van der Waals surface area contributed by atoms with Gasteiger partial charge in [-0.05, 0) is 55.8 Å². The summed E-state index contributed by atoms with van der Waals surface area (Å²) in [6.45, 7) is 8.54. The van der Waals surface area contributed by atoms with Crippen molar-refractivity contribution in [3.05, 3.63) is 24.3 Å². The third-order valence-corrected chi connectivity index (χ3v) is 7.10. The molecule has 0 spiro atoms. The molecule has 0 saturated heterocycles. The van der Waals surface area contributed by atoms with Crippen LogP contribution in [0.4, 0.5) is 0 Å². The van der Waals surface area contributed by atoms with Crippen LogP contribution < -0.4 is 0 Å². The topological polar surface area (TPSA) is 52.6 Å². The standard InChI is InChI=1S/C24H36O4/c1-5-16(3)24(26)28-21-14-15(2)13-18-10-9-17(4)20(23(18)21)12-11-19-7-6-8-22(25)27-19/h6,8-10,15-21,23H,5,7,11-14H2,1-4H3/t15-,16-,17-,18+,19-,20-,21-,23-/m0/s1. The fourth-order valence-electron chi connectivity index (χ4n) is 5.30. The molecule has 0 aromatic heterocycles. The van der Waals surface area contributed by atoms with Crippen molar-refractivity contribution in [2.24, 2.45) is 35.5 Å². The Morgan fingerprint density at radius 2 is 2.04 bits per heavy atom. The first kappa shape index (κ1) is 21.1. The van der Waals surface area contributed by atoms with Gasteiger partial charge in [0, 0.05) is 18.4 Å². The van der Waals surface area contributed by atoms with Crippen molar-refractivity contribution in [1.82, 2.24) is 0 Å². The predicted molar refractivity (Wildman–Crippen MR) is 109 cm³/mol. The Labute approximate surface area is 169 Å². The summed E-state index contributed by atoms with van der Waals surface area (Å²) < 4.78 is 11.6. The van der Waals surface area contributed by atoms with Crippen LogP contribution in [0, 0.1) is 35.5 Å². The van der Waals surface area contributed by atoms with E-state index in [2.05, 4.69) is 26.0 Å². The van der Waals surface area contributed by atoms with Crippen molar-refractivity contribution in [3.63, 3.8) is 0 Å². The van der Waals surface area contributed by atoms with Crippen LogP contribution in [0.5, 0.6) is 0 Å². The molecule has 0 N–H and O–H groups in total. The zero-order valence-electron chi connectivity index (χ0n) is 17.8. The van der Waals surface area contributed by atoms with E-state index < -0.39 is 0 Å². The predicted octanol–water partition coefficient (Wildman–Crippen LogP) is 5.08. The molecule has 1 aliphatic heterocycles. The summed E-state index contributed by atoms with van der Waals surface area (Å²) in [5, 5.41) is 0. The van der Waals surface area contributed by atoms with Gasteiger partial charge in [-0.2, -0.15) is 0 Å². The van der Waals surface area contributed by atoms with Crippen LogP contribution in [0.15, 0.2) is 24.3 Å². The molecule has 0 radical (unpaired) electrons. The van der Waals surface area contributed by atoms with Crippen molar-refractivity contribution in [2.75, 3.05) is 0 Å². The van der Waals surface area contributed by atoms with Gasteiger partial charge >= 0.3 is 11.9 Å². The second-order valence-electron chi connectivity index (χ2n) is 9.28. The molecule has 1 fully saturated rings. The molecule has 4 heteroatoms. The Bertz CT molecular complexity index is 622. The van der Waals surface area contributed by atoms with Crippen LogP contribution in [0.1, 0.15) is 66.2 Å². The molecule has 0 aromatic rings. The van der Waals surface area contributed by atoms with Gasteiger partial charge in [0.05, 0.1) is 5.92 Å². The lowest BCUT2D eigenvalue weighted by molar-refractivity contribution is -0.164. The largest absolute Gasteiger partial charge is 0.462 e. The monoisotopic (exact) mass is 388 g/mol. The summed E-state index contributed by atoms with van der Waals surface area (Å²) in [4.78, 5) is 24.1. The summed E-state index contributed by atoms with van der Waals surface area (Å²) >= 11 is 0. The van der Waals surface area contributed by atoms with E-state index in [1.807, 2.05) is 19.9 Å². The summed E-state index contributed by atoms with van der Waals surface area (Å²) in [6, 6.07) is 0. The summed E-state index contributed by atoms with van der Waals surface area (Å²) in [6.07, 6.45) is 13.8. The highest BCUT2D eigenvalue weighted by Gasteiger charge is 2.45. The van der Waals surface area contributed by atoms with Crippen molar-refractivity contribution in [2.45, 2.75) is 78.4 Å². The number of carbonyl (C=O) groups is 2. The maximum absolute atomic E-state index is 12.5. The van der Waals surface area contributed by atoms with Gasteiger partial charge in [-0.1, -0.05) is 45.9 Å². The lowest BCUT2D eigenvalue weighted by Gasteiger charge is -2.47. The number of cyclic esters (lactones) is 1. The van der Waals surface area contributed by atoms with Crippen LogP contribution in [-0.4, -0.2) is 24.1 Å². The first-order chi connectivity index (χ1) is 13.4. The average molecular weight is 389 g/mol. The van der Waals surface area contributed by atoms with Gasteiger partial charge in [-0.15, -0.1) is 0 Å². The lowest BCUT2D eigenvalue weighted by Crippen LogP contribution is -2.46. The van der Waals surface area contributed by atoms with E-state index in [1.54, 1.807) is 0 Å². The highest BCUT2D eigenvalue weighted by Crippen LogP contribution is 2.48. The molecule has 3 rings (SSSR count). The van der Waals surface area contributed by atoms with Gasteiger partial charge in [0.2, 0.25) is 0 Å². The van der Waals surface area contributed by atoms with E-state index in [0.29, 0.717) is 29.6 Å². The molecule has 0 unspecified atom stereocenters. The number of hydrogen-bond donors (Lipinski definition) is 0. The van der Waals surface area contributed by atoms with E-state index in [-0.39, 0.29) is 30.1 Å². The van der Waals surface area contributed by atoms with Crippen molar-refractivity contribution in [1.29, 1.82) is 0 Å². The Morgan fingerprint density at radius 1 is 1.25 bits per heavy atom. The molecule has 0 amide bonds. The van der Waals surface area contributed by atoms with Gasteiger partial charge in [-0.25, -0.2) is 4.79 Å². The number of ether oxygens (including phenoxy) is 2. The van der Waals surface area contributed by atoms with E-state index in [0.717, 1.165) is 32.1 Å². The summed E-state index contributed by atoms with van der Waals surface area (Å²) in [5.74, 6) is 2.02. The number of rotatable bonds is 6. The Kier molecular flexibility index (Phi) is 7.00. The minimum absolute atomic E-state index is 0.00134. The van der Waals surface area contributed by atoms with Crippen LogP contribution in [0.25, 0.3) is 0 Å². The molecule has 1 heterocycles. The molecule has 8 atom stereocenters. The van der Waals surface area contributed by atoms with Crippen molar-refractivity contribution in [3.8, 4) is 0 Å². The number of hydrogen-bond acceptors (Lipinski definition) is 4. The first-order valence-corrected chi connectivity index (χ1v) is 11.1. The lowest BCUT2D eigenvalue weighted by atomic mass is 9.60. The van der Waals surface area contributed by atoms with Gasteiger partial charge < -0.3 is 9.47 Å². The smallest absolute Gasteiger partial charge is 0.330 e. The summed E-state index contributed by atoms with van der Waals surface area (Å²) in [5.41, 5.74) is 0. The summed E-state index contributed by atoms with van der Waals surface area (Å²) in [7, 11) is 0. The van der Waals surface area contributed by atoms with E-state index in [4.69, 9.17) is 9.47 Å². The second kappa shape index (κ2) is 9.28. The number of esters is 2. The average Bonchev–Trinajstić information content (AvgIpc) is 2.66. The Balaban J connectivity index is 1.72. The van der Waals surface area contributed by atoms with Gasteiger partial charge in [0.15, 0.2) is 0 Å². The molecule has 28 heavy (non-hydrogen) atoms. The molecule has 3 aliphatic rings. The SMILES string of the molecule is CC[C@H](C)C(=O)O[C@H]1C[C@@H](C)C[C@H]2C=C[C@H](C)[C@H](CC[C@@H]3CC=CC(=O)O3)[C@H]21. The highest BCUT2D eigenvalue weighted by molar-refractivity contribution is 5.82. The van der Waals surface area contributed by atoms with Crippen LogP contribution in [0.3, 0.4) is 0 Å². The second-order valence-corrected chi connectivity index (χ2v) is 9.28. The first-order valence-electron chi connectivity index (χ1n) is 11.1. The van der Waals surface area contributed by atoms with Crippen LogP contribution in [-0.2, 0) is 19.1 Å². The quantitative estimate of drug-likeness (QED) is 0.470. The Hall–Kier alpha value is -1.58. The van der Waals surface area contributed by atoms with E-state index >= 15 is 0 Å². The minimum Gasteiger partial charge on any atom is -0.462 e. The fourth-order valence-corrected chi connectivity index (χ4v) is 5.30. The number of fused-ring (bicyclic) bond motifs is 1. The fraction of sp³-hybridized carbons (Fsp3) is 0.750. The van der Waals surface area contributed by atoms with Crippen LogP contribution in [0.2, 0.25) is 0 Å². The molecule has 2 aliphatic carbocycles. The normalized spacial score (nSPS) is 38.4. The molecule has 0 bridgehead atoms. The van der Waals surface area contributed by atoms with E-state index in [9.17, 15) is 9.59 Å². The maximum Gasteiger partial charge on any atom is 0.330 e. The number of carbonyl (C=O) groups excluding carboxylic acids is 2. The molecular formula is C24H36O4. The third kappa shape index (κ3) is 4.87. The molecular weight excluding hydrogens is 352 g/mol. The zero-order valence-corrected chi connectivity index (χ0v) is 17.8. The van der Waals surface area contributed by atoms with Gasteiger partial charge in [0.1, 0.15) is 12.2 Å². The molecule has 0 aromatic carbocycles. The maximum atomic E-state index is 12.5. The molecule has 1 saturated carbocycles. The minimum atomic E-state index is -0.224. The number of allylic oxidation sites excluding steroid dienone is 2. The highest BCUT2D eigenvalue weighted by atomic mass is 16.5. The third-order valence-electron chi connectivity index (χ3n) is 7.10.